The molecule has 2 aliphatic rings. The van der Waals surface area contributed by atoms with Crippen molar-refractivity contribution < 1.29 is 19.4 Å². The summed E-state index contributed by atoms with van der Waals surface area (Å²) < 4.78 is 11.0. The van der Waals surface area contributed by atoms with Crippen LogP contribution in [0.3, 0.4) is 0 Å². The van der Waals surface area contributed by atoms with Crippen molar-refractivity contribution >= 4 is 17.4 Å². The number of nitrogens with one attached hydrogen (secondary N) is 1. The highest BCUT2D eigenvalue weighted by molar-refractivity contribution is 5.90. The molecule has 26 heavy (non-hydrogen) atoms. The van der Waals surface area contributed by atoms with Crippen molar-refractivity contribution in [3.63, 3.8) is 0 Å². The van der Waals surface area contributed by atoms with Crippen LogP contribution in [-0.4, -0.2) is 55.4 Å². The first-order valence-electron chi connectivity index (χ1n) is 8.68. The molecule has 0 radical (unpaired) electrons. The molecule has 2 amide bonds. The number of benzene rings is 2. The number of fused-ring (bicyclic) bond motifs is 1. The van der Waals surface area contributed by atoms with Crippen molar-refractivity contribution in [3.05, 3.63) is 42.5 Å². The Balaban J connectivity index is 1.35. The van der Waals surface area contributed by atoms with Gasteiger partial charge in [-0.2, -0.15) is 0 Å². The number of anilines is 2. The average molecular weight is 355 g/mol. The first kappa shape index (κ1) is 16.4. The first-order valence-corrected chi connectivity index (χ1v) is 8.68. The van der Waals surface area contributed by atoms with E-state index in [1.807, 2.05) is 24.3 Å². The number of ether oxygens (including phenoxy) is 2. The maximum absolute atomic E-state index is 12.5. The smallest absolute Gasteiger partial charge is 0.321 e. The largest absolute Gasteiger partial charge is 0.508 e. The lowest BCUT2D eigenvalue weighted by molar-refractivity contribution is 0.171. The van der Waals surface area contributed by atoms with Crippen LogP contribution in [0.15, 0.2) is 42.5 Å². The fourth-order valence-corrected chi connectivity index (χ4v) is 3.18. The number of rotatable bonds is 2. The lowest BCUT2D eigenvalue weighted by Gasteiger charge is -2.36. The van der Waals surface area contributed by atoms with E-state index in [-0.39, 0.29) is 11.8 Å². The standard InChI is InChI=1S/C19H21N3O4/c23-16-3-1-2-15(13-16)21-6-8-22(9-7-21)19(24)20-14-4-5-17-18(12-14)26-11-10-25-17/h1-5,12-13,23H,6-11H2,(H,20,24). The van der Waals surface area contributed by atoms with Crippen LogP contribution in [0.25, 0.3) is 0 Å². The molecular formula is C19H21N3O4. The van der Waals surface area contributed by atoms with Gasteiger partial charge in [-0.1, -0.05) is 6.07 Å². The van der Waals surface area contributed by atoms with Crippen molar-refractivity contribution in [2.45, 2.75) is 0 Å². The van der Waals surface area contributed by atoms with E-state index in [0.717, 1.165) is 18.8 Å². The summed E-state index contributed by atoms with van der Waals surface area (Å²) in [5.74, 6) is 1.61. The maximum atomic E-state index is 12.5. The van der Waals surface area contributed by atoms with Gasteiger partial charge in [0, 0.05) is 49.7 Å². The summed E-state index contributed by atoms with van der Waals surface area (Å²) in [7, 11) is 0. The predicted molar refractivity (Wildman–Crippen MR) is 98.3 cm³/mol. The van der Waals surface area contributed by atoms with Crippen LogP contribution in [-0.2, 0) is 0 Å². The topological polar surface area (TPSA) is 74.3 Å². The second-order valence-electron chi connectivity index (χ2n) is 6.28. The van der Waals surface area contributed by atoms with E-state index < -0.39 is 0 Å². The molecule has 0 atom stereocenters. The zero-order valence-electron chi connectivity index (χ0n) is 14.4. The molecule has 0 bridgehead atoms. The minimum Gasteiger partial charge on any atom is -0.508 e. The third kappa shape index (κ3) is 3.46. The summed E-state index contributed by atoms with van der Waals surface area (Å²) in [6.45, 7) is 3.73. The number of hydrogen-bond donors (Lipinski definition) is 2. The van der Waals surface area contributed by atoms with E-state index >= 15 is 0 Å². The molecule has 2 heterocycles. The number of hydrogen-bond acceptors (Lipinski definition) is 5. The fraction of sp³-hybridized carbons (Fsp3) is 0.316. The molecule has 2 N–H and O–H groups in total. The number of urea groups is 1. The van der Waals surface area contributed by atoms with Crippen LogP contribution < -0.4 is 19.7 Å². The molecule has 7 heteroatoms. The molecule has 2 aromatic carbocycles. The van der Waals surface area contributed by atoms with E-state index in [4.69, 9.17) is 9.47 Å². The Morgan fingerprint density at radius 2 is 1.73 bits per heavy atom. The van der Waals surface area contributed by atoms with Gasteiger partial charge in [-0.25, -0.2) is 4.79 Å². The summed E-state index contributed by atoms with van der Waals surface area (Å²) in [5, 5.41) is 12.5. The number of phenolic OH excluding ortho intramolecular Hbond substituents is 1. The van der Waals surface area contributed by atoms with Crippen LogP contribution >= 0.6 is 0 Å². The normalized spacial score (nSPS) is 16.3. The predicted octanol–water partition coefficient (Wildman–Crippen LogP) is 2.52. The summed E-state index contributed by atoms with van der Waals surface area (Å²) in [6, 6.07) is 12.5. The zero-order chi connectivity index (χ0) is 17.9. The number of phenols is 1. The van der Waals surface area contributed by atoms with Crippen LogP contribution in [0.2, 0.25) is 0 Å². The van der Waals surface area contributed by atoms with Crippen LogP contribution in [0, 0.1) is 0 Å². The molecule has 136 valence electrons. The number of carbonyl (C=O) groups excluding carboxylic acids is 1. The third-order valence-corrected chi connectivity index (χ3v) is 4.56. The van der Waals surface area contributed by atoms with Gasteiger partial charge in [0.15, 0.2) is 11.5 Å². The lowest BCUT2D eigenvalue weighted by Crippen LogP contribution is -2.50. The molecule has 0 spiro atoms. The molecular weight excluding hydrogens is 334 g/mol. The van der Waals surface area contributed by atoms with Crippen molar-refractivity contribution in [2.75, 3.05) is 49.6 Å². The van der Waals surface area contributed by atoms with Gasteiger partial charge in [-0.15, -0.1) is 0 Å². The number of nitrogens with zero attached hydrogens (tertiary/aromatic N) is 2. The van der Waals surface area contributed by atoms with E-state index in [2.05, 4.69) is 10.2 Å². The molecule has 0 saturated carbocycles. The van der Waals surface area contributed by atoms with Crippen molar-refractivity contribution in [3.8, 4) is 17.2 Å². The molecule has 0 aromatic heterocycles. The highest BCUT2D eigenvalue weighted by Crippen LogP contribution is 2.32. The quantitative estimate of drug-likeness (QED) is 0.866. The third-order valence-electron chi connectivity index (χ3n) is 4.56. The van der Waals surface area contributed by atoms with Gasteiger partial charge in [-0.3, -0.25) is 0 Å². The van der Waals surface area contributed by atoms with E-state index in [0.29, 0.717) is 43.5 Å². The SMILES string of the molecule is O=C(Nc1ccc2c(c1)OCCO2)N1CCN(c2cccc(O)c2)CC1. The average Bonchev–Trinajstić information content (AvgIpc) is 2.68. The molecule has 4 rings (SSSR count). The van der Waals surface area contributed by atoms with Gasteiger partial charge < -0.3 is 29.7 Å². The maximum Gasteiger partial charge on any atom is 0.321 e. The van der Waals surface area contributed by atoms with Gasteiger partial charge in [0.05, 0.1) is 0 Å². The van der Waals surface area contributed by atoms with Crippen molar-refractivity contribution in [1.82, 2.24) is 4.90 Å². The van der Waals surface area contributed by atoms with Crippen LogP contribution in [0.5, 0.6) is 17.2 Å². The van der Waals surface area contributed by atoms with Gasteiger partial charge in [0.25, 0.3) is 0 Å². The van der Waals surface area contributed by atoms with Crippen molar-refractivity contribution in [2.24, 2.45) is 0 Å². The van der Waals surface area contributed by atoms with E-state index in [9.17, 15) is 9.90 Å². The number of amides is 2. The molecule has 1 saturated heterocycles. The van der Waals surface area contributed by atoms with Gasteiger partial charge in [0.1, 0.15) is 19.0 Å². The van der Waals surface area contributed by atoms with Crippen molar-refractivity contribution in [1.29, 1.82) is 0 Å². The summed E-state index contributed by atoms with van der Waals surface area (Å²) in [6.07, 6.45) is 0. The first-order chi connectivity index (χ1) is 12.7. The Bertz CT molecular complexity index is 803. The zero-order valence-corrected chi connectivity index (χ0v) is 14.4. The highest BCUT2D eigenvalue weighted by Gasteiger charge is 2.22. The highest BCUT2D eigenvalue weighted by atomic mass is 16.6. The second-order valence-corrected chi connectivity index (χ2v) is 6.28. The van der Waals surface area contributed by atoms with Gasteiger partial charge in [-0.05, 0) is 24.3 Å². The molecule has 2 aliphatic heterocycles. The van der Waals surface area contributed by atoms with E-state index in [1.54, 1.807) is 23.1 Å². The number of carbonyl (C=O) groups is 1. The number of piperazine rings is 1. The summed E-state index contributed by atoms with van der Waals surface area (Å²) in [5.41, 5.74) is 1.66. The van der Waals surface area contributed by atoms with Gasteiger partial charge in [0.2, 0.25) is 0 Å². The van der Waals surface area contributed by atoms with Crippen LogP contribution in [0.4, 0.5) is 16.2 Å². The van der Waals surface area contributed by atoms with Gasteiger partial charge >= 0.3 is 6.03 Å². The Kier molecular flexibility index (Phi) is 4.43. The lowest BCUT2D eigenvalue weighted by atomic mass is 10.2. The Hall–Kier alpha value is -3.09. The second kappa shape index (κ2) is 7.03. The van der Waals surface area contributed by atoms with Crippen LogP contribution in [0.1, 0.15) is 0 Å². The molecule has 0 unspecified atom stereocenters. The fourth-order valence-electron chi connectivity index (χ4n) is 3.18. The summed E-state index contributed by atoms with van der Waals surface area (Å²) in [4.78, 5) is 16.5. The monoisotopic (exact) mass is 355 g/mol. The Morgan fingerprint density at radius 3 is 2.50 bits per heavy atom. The minimum atomic E-state index is -0.128. The molecule has 2 aromatic rings. The molecule has 7 nitrogen and oxygen atoms in total. The molecule has 0 aliphatic carbocycles. The Morgan fingerprint density at radius 1 is 0.962 bits per heavy atom. The summed E-state index contributed by atoms with van der Waals surface area (Å²) >= 11 is 0. The molecule has 1 fully saturated rings. The minimum absolute atomic E-state index is 0.128. The number of aromatic hydroxyl groups is 1. The van der Waals surface area contributed by atoms with E-state index in [1.165, 1.54) is 0 Å². The Labute approximate surface area is 151 Å².